The molecule has 0 amide bonds. The number of fused-ring (bicyclic) bond motifs is 1. The van der Waals surface area contributed by atoms with Crippen LogP contribution in [0, 0.1) is 0 Å². The first kappa shape index (κ1) is 13.0. The summed E-state index contributed by atoms with van der Waals surface area (Å²) in [4.78, 5) is 4.20. The molecule has 0 unspecified atom stereocenters. The molecular weight excluding hydrogens is 305 g/mol. The first-order valence-corrected chi connectivity index (χ1v) is 7.83. The van der Waals surface area contributed by atoms with Crippen molar-refractivity contribution in [2.75, 3.05) is 6.26 Å². The van der Waals surface area contributed by atoms with E-state index in [0.29, 0.717) is 20.6 Å². The molecule has 0 aliphatic rings. The maximum Gasteiger partial charge on any atom is 0.264 e. The van der Waals surface area contributed by atoms with Gasteiger partial charge in [-0.25, -0.2) is 4.98 Å². The summed E-state index contributed by atoms with van der Waals surface area (Å²) in [7, 11) is -3.48. The van der Waals surface area contributed by atoms with Gasteiger partial charge in [-0.15, -0.1) is 11.3 Å². The fraction of sp³-hybridized carbons (Fsp3) is 0.222. The topological polar surface area (TPSA) is 56.3 Å². The van der Waals surface area contributed by atoms with Crippen LogP contribution in [0.25, 0.3) is 10.2 Å². The molecule has 0 aliphatic heterocycles. The lowest BCUT2D eigenvalue weighted by atomic mass is 10.3. The quantitative estimate of drug-likeness (QED) is 0.817. The minimum absolute atomic E-state index is 0.113. The van der Waals surface area contributed by atoms with E-state index in [0.717, 1.165) is 11.0 Å². The second-order valence-corrected chi connectivity index (χ2v) is 6.98. The van der Waals surface area contributed by atoms with E-state index < -0.39 is 10.1 Å². The molecule has 0 atom stereocenters. The van der Waals surface area contributed by atoms with Gasteiger partial charge in [0.05, 0.1) is 21.7 Å². The Hall–Kier alpha value is -0.400. The number of thiophene rings is 1. The monoisotopic (exact) mass is 311 g/mol. The van der Waals surface area contributed by atoms with Crippen molar-refractivity contribution in [1.29, 1.82) is 0 Å². The van der Waals surface area contributed by atoms with Crippen molar-refractivity contribution < 1.29 is 12.6 Å². The number of rotatable bonds is 3. The molecular formula is C9H7Cl2NO3S2. The molecule has 2 rings (SSSR count). The maximum atomic E-state index is 10.8. The molecule has 17 heavy (non-hydrogen) atoms. The molecule has 2 aromatic rings. The molecule has 2 heterocycles. The summed E-state index contributed by atoms with van der Waals surface area (Å²) in [5.41, 5.74) is 1.05. The average molecular weight is 312 g/mol. The Kier molecular flexibility index (Phi) is 3.61. The van der Waals surface area contributed by atoms with Gasteiger partial charge >= 0.3 is 0 Å². The van der Waals surface area contributed by atoms with Crippen molar-refractivity contribution in [3.05, 3.63) is 27.2 Å². The zero-order valence-electron chi connectivity index (χ0n) is 8.61. The van der Waals surface area contributed by atoms with Gasteiger partial charge in [0.2, 0.25) is 0 Å². The van der Waals surface area contributed by atoms with E-state index in [2.05, 4.69) is 9.17 Å². The van der Waals surface area contributed by atoms with Crippen LogP contribution in [0.5, 0.6) is 0 Å². The molecule has 0 fully saturated rings. The minimum atomic E-state index is -3.48. The lowest BCUT2D eigenvalue weighted by Gasteiger charge is -2.01. The normalized spacial score (nSPS) is 12.2. The van der Waals surface area contributed by atoms with Crippen molar-refractivity contribution in [2.45, 2.75) is 6.61 Å². The van der Waals surface area contributed by atoms with Crippen molar-refractivity contribution in [1.82, 2.24) is 4.98 Å². The number of aromatic nitrogens is 1. The van der Waals surface area contributed by atoms with Crippen LogP contribution in [0.1, 0.15) is 5.69 Å². The molecule has 0 spiro atoms. The summed E-state index contributed by atoms with van der Waals surface area (Å²) < 4.78 is 27.7. The Bertz CT molecular complexity index is 666. The van der Waals surface area contributed by atoms with Gasteiger partial charge in [-0.1, -0.05) is 23.2 Å². The van der Waals surface area contributed by atoms with Crippen molar-refractivity contribution in [3.63, 3.8) is 0 Å². The predicted molar refractivity (Wildman–Crippen MR) is 69.3 cm³/mol. The van der Waals surface area contributed by atoms with Crippen LogP contribution >= 0.6 is 34.5 Å². The Morgan fingerprint density at radius 3 is 2.76 bits per heavy atom. The molecule has 0 bridgehead atoms. The zero-order valence-corrected chi connectivity index (χ0v) is 11.8. The van der Waals surface area contributed by atoms with Gasteiger partial charge in [-0.2, -0.15) is 8.42 Å². The van der Waals surface area contributed by atoms with Gasteiger partial charge in [0.1, 0.15) is 16.5 Å². The van der Waals surface area contributed by atoms with E-state index in [1.807, 2.05) is 0 Å². The largest absolute Gasteiger partial charge is 0.264 e. The zero-order chi connectivity index (χ0) is 12.6. The highest BCUT2D eigenvalue weighted by molar-refractivity contribution is 7.85. The van der Waals surface area contributed by atoms with E-state index in [9.17, 15) is 8.42 Å². The van der Waals surface area contributed by atoms with Crippen LogP contribution in [0.3, 0.4) is 0 Å². The van der Waals surface area contributed by atoms with Crippen LogP contribution < -0.4 is 0 Å². The molecule has 0 aromatic carbocycles. The third-order valence-electron chi connectivity index (χ3n) is 1.92. The molecule has 92 valence electrons. The highest BCUT2D eigenvalue weighted by Gasteiger charge is 2.11. The molecule has 4 nitrogen and oxygen atoms in total. The number of halogens is 2. The van der Waals surface area contributed by atoms with Gasteiger partial charge in [-0.3, -0.25) is 4.18 Å². The Labute approximate surface area is 112 Å². The summed E-state index contributed by atoms with van der Waals surface area (Å²) in [6, 6.07) is 3.46. The van der Waals surface area contributed by atoms with Gasteiger partial charge in [-0.05, 0) is 12.1 Å². The standard InChI is InChI=1S/C9H7Cl2NO3S2/c1-17(13,14)15-4-5-2-3-6-8(12-5)7(10)9(11)16-6/h2-3H,4H2,1H3. The third-order valence-corrected chi connectivity index (χ3v) is 4.39. The molecule has 0 aliphatic carbocycles. The van der Waals surface area contributed by atoms with E-state index in [1.165, 1.54) is 11.3 Å². The second kappa shape index (κ2) is 4.70. The Balaban J connectivity index is 2.34. The van der Waals surface area contributed by atoms with Gasteiger partial charge in [0, 0.05) is 0 Å². The molecule has 0 radical (unpaired) electrons. The minimum Gasteiger partial charge on any atom is -0.264 e. The van der Waals surface area contributed by atoms with Crippen LogP contribution in [0.15, 0.2) is 12.1 Å². The Morgan fingerprint density at radius 1 is 1.41 bits per heavy atom. The number of nitrogens with zero attached hydrogens (tertiary/aromatic N) is 1. The Morgan fingerprint density at radius 2 is 2.12 bits per heavy atom. The highest BCUT2D eigenvalue weighted by Crippen LogP contribution is 2.37. The molecule has 0 saturated carbocycles. The lowest BCUT2D eigenvalue weighted by Crippen LogP contribution is -2.03. The average Bonchev–Trinajstić information content (AvgIpc) is 2.51. The van der Waals surface area contributed by atoms with Gasteiger partial charge < -0.3 is 0 Å². The summed E-state index contributed by atoms with van der Waals surface area (Å²) in [5.74, 6) is 0. The van der Waals surface area contributed by atoms with Crippen molar-refractivity contribution in [3.8, 4) is 0 Å². The van der Waals surface area contributed by atoms with Crippen LogP contribution in [-0.4, -0.2) is 19.7 Å². The summed E-state index contributed by atoms with van der Waals surface area (Å²) >= 11 is 13.2. The molecule has 2 aromatic heterocycles. The highest BCUT2D eigenvalue weighted by atomic mass is 35.5. The van der Waals surface area contributed by atoms with Crippen LogP contribution in [0.2, 0.25) is 9.36 Å². The van der Waals surface area contributed by atoms with Crippen LogP contribution in [0.4, 0.5) is 0 Å². The maximum absolute atomic E-state index is 10.8. The van der Waals surface area contributed by atoms with E-state index in [-0.39, 0.29) is 6.61 Å². The second-order valence-electron chi connectivity index (χ2n) is 3.31. The van der Waals surface area contributed by atoms with Crippen molar-refractivity contribution >= 4 is 54.9 Å². The van der Waals surface area contributed by atoms with E-state index in [1.54, 1.807) is 12.1 Å². The van der Waals surface area contributed by atoms with E-state index >= 15 is 0 Å². The van der Waals surface area contributed by atoms with Crippen LogP contribution in [-0.2, 0) is 20.9 Å². The van der Waals surface area contributed by atoms with Gasteiger partial charge in [0.15, 0.2) is 0 Å². The predicted octanol–water partition coefficient (Wildman–Crippen LogP) is 3.08. The molecule has 0 N–H and O–H groups in total. The summed E-state index contributed by atoms with van der Waals surface area (Å²) in [6.07, 6.45) is 0.986. The molecule has 8 heteroatoms. The van der Waals surface area contributed by atoms with Gasteiger partial charge in [0.25, 0.3) is 10.1 Å². The first-order valence-electron chi connectivity index (χ1n) is 4.44. The number of pyridine rings is 1. The fourth-order valence-electron chi connectivity index (χ4n) is 1.21. The van der Waals surface area contributed by atoms with E-state index in [4.69, 9.17) is 23.2 Å². The van der Waals surface area contributed by atoms with Crippen molar-refractivity contribution in [2.24, 2.45) is 0 Å². The summed E-state index contributed by atoms with van der Waals surface area (Å²) in [5, 5.41) is 0.382. The third kappa shape index (κ3) is 3.08. The number of hydrogen-bond acceptors (Lipinski definition) is 5. The lowest BCUT2D eigenvalue weighted by molar-refractivity contribution is 0.307. The fourth-order valence-corrected chi connectivity index (χ4v) is 2.96. The first-order chi connectivity index (χ1) is 7.87. The summed E-state index contributed by atoms with van der Waals surface area (Å²) in [6.45, 7) is -0.113. The SMILES string of the molecule is CS(=O)(=O)OCc1ccc2sc(Cl)c(Cl)c2n1. The number of hydrogen-bond donors (Lipinski definition) is 0. The molecule has 0 saturated heterocycles. The smallest absolute Gasteiger partial charge is 0.264 e.